The van der Waals surface area contributed by atoms with Crippen molar-refractivity contribution in [2.24, 2.45) is 11.8 Å². The van der Waals surface area contributed by atoms with E-state index >= 15 is 4.39 Å². The third-order valence-electron chi connectivity index (χ3n) is 7.38. The molecule has 0 aromatic heterocycles. The average Bonchev–Trinajstić information content (AvgIpc) is 3.82. The number of anilines is 1. The van der Waals surface area contributed by atoms with Gasteiger partial charge in [0, 0.05) is 42.0 Å². The summed E-state index contributed by atoms with van der Waals surface area (Å²) in [6, 6.07) is 11.4. The summed E-state index contributed by atoms with van der Waals surface area (Å²) in [6.07, 6.45) is 1.39. The first kappa shape index (κ1) is 30.2. The molecule has 11 heteroatoms. The Bertz CT molecular complexity index is 1570. The zero-order valence-corrected chi connectivity index (χ0v) is 25.0. The van der Waals surface area contributed by atoms with Crippen molar-refractivity contribution in [2.75, 3.05) is 5.32 Å². The summed E-state index contributed by atoms with van der Waals surface area (Å²) >= 11 is 31.2. The molecule has 2 saturated carbocycles. The predicted molar refractivity (Wildman–Crippen MR) is 158 cm³/mol. The first-order chi connectivity index (χ1) is 19.4. The lowest BCUT2D eigenvalue weighted by molar-refractivity contribution is -0.119. The predicted octanol–water partition coefficient (Wildman–Crippen LogP) is 8.79. The number of Topliss-reactive ketones (excluding diaryl/α,β-unsaturated/α-hetero) is 2. The number of nitrogens with one attached hydrogen (secondary N) is 1. The van der Waals surface area contributed by atoms with Crippen LogP contribution < -0.4 is 5.32 Å². The molecular weight excluding hydrogens is 638 g/mol. The van der Waals surface area contributed by atoms with E-state index in [-0.39, 0.29) is 39.6 Å². The van der Waals surface area contributed by atoms with Gasteiger partial charge < -0.3 is 5.32 Å². The van der Waals surface area contributed by atoms with Crippen LogP contribution in [0.15, 0.2) is 48.5 Å². The molecule has 0 heterocycles. The molecule has 4 nitrogen and oxygen atoms in total. The highest BCUT2D eigenvalue weighted by Gasteiger charge is 2.67. The van der Waals surface area contributed by atoms with Crippen LogP contribution in [0.4, 0.5) is 14.5 Å². The van der Waals surface area contributed by atoms with E-state index in [1.165, 1.54) is 24.3 Å². The Balaban J connectivity index is 1.30. The van der Waals surface area contributed by atoms with Crippen LogP contribution in [0.25, 0.3) is 0 Å². The van der Waals surface area contributed by atoms with E-state index in [0.29, 0.717) is 27.9 Å². The van der Waals surface area contributed by atoms with Crippen molar-refractivity contribution < 1.29 is 23.2 Å². The van der Waals surface area contributed by atoms with Crippen LogP contribution in [0, 0.1) is 23.5 Å². The minimum atomic E-state index is -1.38. The largest absolute Gasteiger partial charge is 0.326 e. The molecule has 0 saturated heterocycles. The van der Waals surface area contributed by atoms with Crippen molar-refractivity contribution in [3.05, 3.63) is 97.5 Å². The van der Waals surface area contributed by atoms with Crippen molar-refractivity contribution in [1.29, 1.82) is 0 Å². The molecule has 3 aromatic rings. The molecule has 0 unspecified atom stereocenters. The van der Waals surface area contributed by atoms with Crippen LogP contribution in [-0.4, -0.2) is 21.8 Å². The molecular formula is C30H22Cl5F2NO3. The third kappa shape index (κ3) is 6.57. The van der Waals surface area contributed by atoms with Gasteiger partial charge in [0.1, 0.15) is 21.8 Å². The van der Waals surface area contributed by atoms with Gasteiger partial charge in [-0.25, -0.2) is 8.78 Å². The maximum Gasteiger partial charge on any atom is 0.231 e. The van der Waals surface area contributed by atoms with Crippen LogP contribution in [0.3, 0.4) is 0 Å². The smallest absolute Gasteiger partial charge is 0.231 e. The van der Waals surface area contributed by atoms with Crippen molar-refractivity contribution in [2.45, 2.75) is 42.4 Å². The second-order valence-corrected chi connectivity index (χ2v) is 13.1. The average molecular weight is 660 g/mol. The number of carbonyl (C=O) groups is 3. The van der Waals surface area contributed by atoms with Crippen molar-refractivity contribution in [3.8, 4) is 0 Å². The molecule has 5 rings (SSSR count). The van der Waals surface area contributed by atoms with Crippen LogP contribution in [0.5, 0.6) is 0 Å². The van der Waals surface area contributed by atoms with Gasteiger partial charge in [-0.2, -0.15) is 0 Å². The van der Waals surface area contributed by atoms with Gasteiger partial charge in [0.15, 0.2) is 5.78 Å². The van der Waals surface area contributed by atoms with Crippen LogP contribution >= 0.6 is 58.0 Å². The number of carbonyl (C=O) groups excluding carboxylic acids is 3. The van der Waals surface area contributed by atoms with E-state index in [4.69, 9.17) is 58.0 Å². The lowest BCUT2D eigenvalue weighted by Crippen LogP contribution is -2.17. The lowest BCUT2D eigenvalue weighted by Gasteiger charge is -2.11. The van der Waals surface area contributed by atoms with Gasteiger partial charge in [0.25, 0.3) is 0 Å². The molecule has 2 atom stereocenters. The number of hydrogen-bond acceptors (Lipinski definition) is 3. The first-order valence-corrected chi connectivity index (χ1v) is 14.7. The second kappa shape index (κ2) is 11.8. The topological polar surface area (TPSA) is 63.2 Å². The van der Waals surface area contributed by atoms with Gasteiger partial charge in [-0.1, -0.05) is 46.9 Å². The summed E-state index contributed by atoms with van der Waals surface area (Å²) in [5, 5.41) is 3.44. The molecule has 41 heavy (non-hydrogen) atoms. The lowest BCUT2D eigenvalue weighted by atomic mass is 9.97. The molecule has 0 bridgehead atoms. The van der Waals surface area contributed by atoms with Crippen LogP contribution in [0.1, 0.15) is 52.2 Å². The van der Waals surface area contributed by atoms with Gasteiger partial charge in [-0.15, -0.1) is 23.2 Å². The van der Waals surface area contributed by atoms with E-state index in [1.807, 2.05) is 0 Å². The highest BCUT2D eigenvalue weighted by atomic mass is 35.5. The van der Waals surface area contributed by atoms with E-state index in [9.17, 15) is 18.8 Å². The number of alkyl halides is 2. The molecule has 0 spiro atoms. The number of halogens is 7. The molecule has 2 aliphatic carbocycles. The number of ketones is 2. The number of amides is 1. The number of benzene rings is 3. The quantitative estimate of drug-likeness (QED) is 0.175. The minimum absolute atomic E-state index is 0.0272. The van der Waals surface area contributed by atoms with E-state index in [1.54, 1.807) is 18.2 Å². The normalized spacial score (nSPS) is 19.1. The van der Waals surface area contributed by atoms with Crippen LogP contribution in [0.2, 0.25) is 15.1 Å². The third-order valence-corrected chi connectivity index (χ3v) is 9.39. The SMILES string of the molecule is O=C(Cc1c(F)ccc(CC(=O)c2cc(NC(=O)[C@H]3[C@H](c4ccc(Cl)c(Cl)c4)C3(Cl)Cl)ccc2Cl)c1F)CC1CC1. The molecule has 1 N–H and O–H groups in total. The van der Waals surface area contributed by atoms with Gasteiger partial charge in [-0.3, -0.25) is 14.4 Å². The standard InChI is InChI=1S/C30H22Cl5F2NO3/c31-21-7-5-17(38-29(41)27-26(30(27,34)35)15-3-6-22(32)23(33)10-15)12-19(21)25(40)11-16-4-8-24(36)20(28(16)37)13-18(39)9-14-1-2-14/h3-8,10,12,14,26-27H,1-2,9,11,13H2,(H,38,41)/t26-,27+/m0/s1. The van der Waals surface area contributed by atoms with Gasteiger partial charge in [-0.05, 0) is 66.3 Å². The Morgan fingerprint density at radius 2 is 1.59 bits per heavy atom. The van der Waals surface area contributed by atoms with Crippen molar-refractivity contribution in [3.63, 3.8) is 0 Å². The summed E-state index contributed by atoms with van der Waals surface area (Å²) in [7, 11) is 0. The highest BCUT2D eigenvalue weighted by Crippen LogP contribution is 2.65. The molecule has 3 aromatic carbocycles. The Hall–Kier alpha value is -2.22. The molecule has 2 fully saturated rings. The molecule has 214 valence electrons. The number of rotatable bonds is 10. The second-order valence-electron chi connectivity index (χ2n) is 10.4. The van der Waals surface area contributed by atoms with Gasteiger partial charge in [0.05, 0.1) is 21.0 Å². The molecule has 0 radical (unpaired) electrons. The molecule has 2 aliphatic rings. The van der Waals surface area contributed by atoms with Gasteiger partial charge >= 0.3 is 0 Å². The number of hydrogen-bond donors (Lipinski definition) is 1. The zero-order chi connectivity index (χ0) is 29.6. The Labute approximate surface area is 260 Å². The molecule has 0 aliphatic heterocycles. The van der Waals surface area contributed by atoms with E-state index < -0.39 is 45.9 Å². The summed E-state index contributed by atoms with van der Waals surface area (Å²) in [5.41, 5.74) is 0.510. The summed E-state index contributed by atoms with van der Waals surface area (Å²) < 4.78 is 28.2. The zero-order valence-electron chi connectivity index (χ0n) is 21.3. The first-order valence-electron chi connectivity index (χ1n) is 12.8. The fourth-order valence-corrected chi connectivity index (χ4v) is 6.29. The van der Waals surface area contributed by atoms with Crippen molar-refractivity contribution in [1.82, 2.24) is 0 Å². The summed E-state index contributed by atoms with van der Waals surface area (Å²) in [4.78, 5) is 38.5. The Kier molecular flexibility index (Phi) is 8.71. The van der Waals surface area contributed by atoms with E-state index in [0.717, 1.165) is 18.9 Å². The fourth-order valence-electron chi connectivity index (χ4n) is 4.94. The summed E-state index contributed by atoms with van der Waals surface area (Å²) in [5.74, 6) is -4.11. The van der Waals surface area contributed by atoms with E-state index in [2.05, 4.69) is 5.32 Å². The highest BCUT2D eigenvalue weighted by molar-refractivity contribution is 6.53. The Morgan fingerprint density at radius 3 is 2.27 bits per heavy atom. The van der Waals surface area contributed by atoms with Gasteiger partial charge in [0.2, 0.25) is 5.91 Å². The van der Waals surface area contributed by atoms with Crippen molar-refractivity contribution >= 4 is 81.2 Å². The maximum atomic E-state index is 15.2. The Morgan fingerprint density at radius 1 is 0.878 bits per heavy atom. The summed E-state index contributed by atoms with van der Waals surface area (Å²) in [6.45, 7) is 0. The maximum absolute atomic E-state index is 15.2. The fraction of sp³-hybridized carbons (Fsp3) is 0.300. The van der Waals surface area contributed by atoms with Crippen LogP contribution in [-0.2, 0) is 22.4 Å². The molecule has 1 amide bonds. The minimum Gasteiger partial charge on any atom is -0.326 e. The monoisotopic (exact) mass is 657 g/mol.